The molecule has 0 spiro atoms. The fourth-order valence-electron chi connectivity index (χ4n) is 2.08. The van der Waals surface area contributed by atoms with Gasteiger partial charge in [-0.25, -0.2) is 0 Å². The van der Waals surface area contributed by atoms with Crippen LogP contribution >= 0.6 is 11.8 Å². The molecule has 0 saturated carbocycles. The second kappa shape index (κ2) is 5.75. The lowest BCUT2D eigenvalue weighted by Crippen LogP contribution is -2.13. The molecule has 1 aromatic carbocycles. The topological polar surface area (TPSA) is 53.2 Å². The van der Waals surface area contributed by atoms with Crippen LogP contribution in [0.25, 0.3) is 0 Å². The zero-order chi connectivity index (χ0) is 13.1. The highest BCUT2D eigenvalue weighted by Gasteiger charge is 2.26. The third kappa shape index (κ3) is 2.86. The maximum Gasteiger partial charge on any atom is 0.0992 e. The van der Waals surface area contributed by atoms with Gasteiger partial charge in [-0.05, 0) is 38.0 Å². The van der Waals surface area contributed by atoms with Crippen molar-refractivity contribution in [2.45, 2.75) is 42.6 Å². The average molecular weight is 263 g/mol. The Morgan fingerprint density at radius 3 is 2.89 bits per heavy atom. The monoisotopic (exact) mass is 263 g/mol. The summed E-state index contributed by atoms with van der Waals surface area (Å²) in [6, 6.07) is 7.59. The summed E-state index contributed by atoms with van der Waals surface area (Å²) in [6.45, 7) is 4.61. The van der Waals surface area contributed by atoms with Gasteiger partial charge in [-0.1, -0.05) is 6.07 Å². The first-order valence-corrected chi connectivity index (χ1v) is 7.00. The molecular formula is C14H17NO2S. The Morgan fingerprint density at radius 2 is 2.33 bits per heavy atom. The summed E-state index contributed by atoms with van der Waals surface area (Å²) in [4.78, 5) is 0.992. The van der Waals surface area contributed by atoms with Crippen LogP contribution in [0.5, 0.6) is 0 Å². The van der Waals surface area contributed by atoms with E-state index >= 15 is 0 Å². The van der Waals surface area contributed by atoms with Gasteiger partial charge in [-0.3, -0.25) is 0 Å². The molecule has 0 bridgehead atoms. The Hall–Kier alpha value is -1.02. The molecule has 96 valence electrons. The third-order valence-electron chi connectivity index (χ3n) is 3.18. The Morgan fingerprint density at radius 1 is 1.56 bits per heavy atom. The van der Waals surface area contributed by atoms with E-state index in [9.17, 15) is 5.11 Å². The molecule has 1 N–H and O–H groups in total. The van der Waals surface area contributed by atoms with Crippen molar-refractivity contribution in [1.82, 2.24) is 0 Å². The summed E-state index contributed by atoms with van der Waals surface area (Å²) in [5.74, 6) is 0. The van der Waals surface area contributed by atoms with Crippen LogP contribution in [-0.2, 0) is 4.74 Å². The number of rotatable bonds is 3. The molecule has 1 fully saturated rings. The quantitative estimate of drug-likeness (QED) is 0.911. The fraction of sp³-hybridized carbons (Fsp3) is 0.500. The second-order valence-electron chi connectivity index (χ2n) is 4.56. The standard InChI is InChI=1S/C14H17NO2S/c1-9(16)12-4-3-11(8-15)7-14(12)18-13-5-6-17-10(13)2/h3-4,7,9-10,13,16H,5-6H2,1-2H3/t9-,10?,13?/m1/s1. The molecule has 0 radical (unpaired) electrons. The van der Waals surface area contributed by atoms with Crippen LogP contribution < -0.4 is 0 Å². The van der Waals surface area contributed by atoms with Gasteiger partial charge >= 0.3 is 0 Å². The highest BCUT2D eigenvalue weighted by molar-refractivity contribution is 8.00. The lowest BCUT2D eigenvalue weighted by atomic mass is 10.1. The van der Waals surface area contributed by atoms with Crippen LogP contribution in [0.3, 0.4) is 0 Å². The number of hydrogen-bond donors (Lipinski definition) is 1. The number of hydrogen-bond acceptors (Lipinski definition) is 4. The van der Waals surface area contributed by atoms with Gasteiger partial charge in [0.2, 0.25) is 0 Å². The lowest BCUT2D eigenvalue weighted by molar-refractivity contribution is 0.127. The maximum atomic E-state index is 9.78. The van der Waals surface area contributed by atoms with E-state index in [1.165, 1.54) is 0 Å². The van der Waals surface area contributed by atoms with E-state index < -0.39 is 6.10 Å². The van der Waals surface area contributed by atoms with Crippen LogP contribution in [0.4, 0.5) is 0 Å². The van der Waals surface area contributed by atoms with Gasteiger partial charge in [-0.15, -0.1) is 11.8 Å². The van der Waals surface area contributed by atoms with Crippen LogP contribution in [0.15, 0.2) is 23.1 Å². The Bertz CT molecular complexity index is 467. The van der Waals surface area contributed by atoms with Gasteiger partial charge in [0.05, 0.1) is 23.8 Å². The predicted octanol–water partition coefficient (Wildman–Crippen LogP) is 2.88. The Balaban J connectivity index is 2.26. The number of nitrogens with zero attached hydrogens (tertiary/aromatic N) is 1. The molecule has 1 saturated heterocycles. The lowest BCUT2D eigenvalue weighted by Gasteiger charge is -2.17. The number of thioether (sulfide) groups is 1. The van der Waals surface area contributed by atoms with Crippen molar-refractivity contribution in [3.05, 3.63) is 29.3 Å². The van der Waals surface area contributed by atoms with E-state index in [0.29, 0.717) is 10.8 Å². The summed E-state index contributed by atoms with van der Waals surface area (Å²) in [5, 5.41) is 19.1. The largest absolute Gasteiger partial charge is 0.389 e. The smallest absolute Gasteiger partial charge is 0.0992 e. The summed E-state index contributed by atoms with van der Waals surface area (Å²) >= 11 is 1.71. The zero-order valence-corrected chi connectivity index (χ0v) is 11.4. The second-order valence-corrected chi connectivity index (χ2v) is 5.84. The Kier molecular flexibility index (Phi) is 4.28. The third-order valence-corrected chi connectivity index (χ3v) is 4.71. The van der Waals surface area contributed by atoms with Crippen molar-refractivity contribution < 1.29 is 9.84 Å². The number of aliphatic hydroxyl groups excluding tert-OH is 1. The fourth-order valence-corrected chi connectivity index (χ4v) is 3.46. The number of ether oxygens (including phenoxy) is 1. The van der Waals surface area contributed by atoms with Crippen LogP contribution in [0, 0.1) is 11.3 Å². The van der Waals surface area contributed by atoms with Gasteiger partial charge in [-0.2, -0.15) is 5.26 Å². The molecule has 1 heterocycles. The molecule has 1 aromatic rings. The van der Waals surface area contributed by atoms with Crippen molar-refractivity contribution >= 4 is 11.8 Å². The van der Waals surface area contributed by atoms with Gasteiger partial charge < -0.3 is 9.84 Å². The molecule has 0 amide bonds. The minimum atomic E-state index is -0.516. The minimum Gasteiger partial charge on any atom is -0.389 e. The molecule has 18 heavy (non-hydrogen) atoms. The summed E-state index contributed by atoms with van der Waals surface area (Å²) < 4.78 is 5.55. The first kappa shape index (κ1) is 13.4. The summed E-state index contributed by atoms with van der Waals surface area (Å²) in [7, 11) is 0. The Labute approximate surface area is 112 Å². The molecule has 0 aromatic heterocycles. The van der Waals surface area contributed by atoms with E-state index in [2.05, 4.69) is 13.0 Å². The van der Waals surface area contributed by atoms with Gasteiger partial charge in [0.25, 0.3) is 0 Å². The normalized spacial score (nSPS) is 24.8. The molecular weight excluding hydrogens is 246 g/mol. The van der Waals surface area contributed by atoms with E-state index in [0.717, 1.165) is 23.5 Å². The minimum absolute atomic E-state index is 0.225. The first-order chi connectivity index (χ1) is 8.61. The molecule has 1 aliphatic rings. The average Bonchev–Trinajstić information content (AvgIpc) is 2.74. The summed E-state index contributed by atoms with van der Waals surface area (Å²) in [5.41, 5.74) is 1.52. The number of nitriles is 1. The summed E-state index contributed by atoms with van der Waals surface area (Å²) in [6.07, 6.45) is 0.724. The van der Waals surface area contributed by atoms with Gasteiger partial charge in [0.1, 0.15) is 0 Å². The van der Waals surface area contributed by atoms with Crippen molar-refractivity contribution in [3.63, 3.8) is 0 Å². The SMILES string of the molecule is CC1OCCC1Sc1cc(C#N)ccc1[C@@H](C)O. The van der Waals surface area contributed by atoms with Crippen molar-refractivity contribution in [1.29, 1.82) is 5.26 Å². The van der Waals surface area contributed by atoms with E-state index in [-0.39, 0.29) is 6.10 Å². The van der Waals surface area contributed by atoms with Crippen LogP contribution in [0.1, 0.15) is 37.5 Å². The predicted molar refractivity (Wildman–Crippen MR) is 71.5 cm³/mol. The molecule has 2 rings (SSSR count). The van der Waals surface area contributed by atoms with Gasteiger partial charge in [0, 0.05) is 16.8 Å². The molecule has 1 aliphatic heterocycles. The zero-order valence-electron chi connectivity index (χ0n) is 10.6. The van der Waals surface area contributed by atoms with Crippen molar-refractivity contribution in [3.8, 4) is 6.07 Å². The van der Waals surface area contributed by atoms with Crippen molar-refractivity contribution in [2.24, 2.45) is 0 Å². The molecule has 2 unspecified atom stereocenters. The van der Waals surface area contributed by atoms with E-state index in [1.54, 1.807) is 24.8 Å². The molecule has 0 aliphatic carbocycles. The van der Waals surface area contributed by atoms with Gasteiger partial charge in [0.15, 0.2) is 0 Å². The number of benzene rings is 1. The van der Waals surface area contributed by atoms with E-state index in [4.69, 9.17) is 10.00 Å². The maximum absolute atomic E-state index is 9.78. The number of aliphatic hydroxyl groups is 1. The highest BCUT2D eigenvalue weighted by atomic mass is 32.2. The molecule has 3 atom stereocenters. The van der Waals surface area contributed by atoms with Crippen molar-refractivity contribution in [2.75, 3.05) is 6.61 Å². The van der Waals surface area contributed by atoms with Crippen LogP contribution in [0.2, 0.25) is 0 Å². The van der Waals surface area contributed by atoms with Crippen LogP contribution in [-0.4, -0.2) is 23.1 Å². The highest BCUT2D eigenvalue weighted by Crippen LogP contribution is 2.36. The first-order valence-electron chi connectivity index (χ1n) is 6.12. The van der Waals surface area contributed by atoms with E-state index in [1.807, 2.05) is 12.1 Å². The molecule has 4 heteroatoms. The molecule has 3 nitrogen and oxygen atoms in total.